The topological polar surface area (TPSA) is 0 Å². The summed E-state index contributed by atoms with van der Waals surface area (Å²) in [5.41, 5.74) is -3.94. The Balaban J connectivity index is 1.87. The van der Waals surface area contributed by atoms with E-state index in [4.69, 9.17) is 0 Å². The van der Waals surface area contributed by atoms with Gasteiger partial charge in [-0.2, -0.15) is 13.2 Å². The van der Waals surface area contributed by atoms with Gasteiger partial charge >= 0.3 is 6.18 Å². The maximum Gasteiger partial charge on any atom is 0.422 e. The molecular weight excluding hydrogens is 507 g/mol. The van der Waals surface area contributed by atoms with E-state index in [1.165, 1.54) is 0 Å². The first-order valence-corrected chi connectivity index (χ1v) is 11.0. The van der Waals surface area contributed by atoms with Gasteiger partial charge in [0.15, 0.2) is 0 Å². The Morgan fingerprint density at radius 1 is 0.568 bits per heavy atom. The number of hydrogen-bond donors (Lipinski definition) is 0. The summed E-state index contributed by atoms with van der Waals surface area (Å²) in [6.07, 6.45) is -2.19. The van der Waals surface area contributed by atoms with Crippen molar-refractivity contribution in [3.8, 4) is 23.7 Å². The Labute approximate surface area is 207 Å². The number of rotatable bonds is 4. The average Bonchev–Trinajstić information content (AvgIpc) is 2.76. The van der Waals surface area contributed by atoms with Gasteiger partial charge in [-0.25, -0.2) is 26.3 Å². The van der Waals surface area contributed by atoms with Crippen molar-refractivity contribution in [2.45, 2.75) is 38.8 Å². The molecule has 0 fully saturated rings. The van der Waals surface area contributed by atoms with Crippen molar-refractivity contribution in [3.05, 3.63) is 105 Å². The third-order valence-electron chi connectivity index (χ3n) is 5.20. The molecule has 0 amide bonds. The summed E-state index contributed by atoms with van der Waals surface area (Å²) in [6.45, 7) is 1.99. The van der Waals surface area contributed by atoms with Gasteiger partial charge in [-0.05, 0) is 54.8 Å². The van der Waals surface area contributed by atoms with Crippen molar-refractivity contribution in [2.75, 3.05) is 0 Å². The Morgan fingerprint density at radius 3 is 1.38 bits per heavy atom. The Hall–Kier alpha value is -3.85. The summed E-state index contributed by atoms with van der Waals surface area (Å²) in [7, 11) is 0. The summed E-state index contributed by atoms with van der Waals surface area (Å²) in [5, 5.41) is 0. The number of hydrogen-bond acceptors (Lipinski definition) is 0. The first-order valence-electron chi connectivity index (χ1n) is 11.0. The minimum absolute atomic E-state index is 0.280. The van der Waals surface area contributed by atoms with Crippen LogP contribution >= 0.6 is 0 Å². The van der Waals surface area contributed by atoms with E-state index in [1.807, 2.05) is 18.8 Å². The molecule has 0 radical (unpaired) electrons. The molecule has 3 aromatic rings. The zero-order valence-corrected chi connectivity index (χ0v) is 19.2. The van der Waals surface area contributed by atoms with Gasteiger partial charge in [-0.3, -0.25) is 0 Å². The largest absolute Gasteiger partial charge is 0.422 e. The van der Waals surface area contributed by atoms with E-state index in [9.17, 15) is 39.5 Å². The molecule has 0 nitrogen and oxygen atoms in total. The zero-order valence-electron chi connectivity index (χ0n) is 19.2. The highest BCUT2D eigenvalue weighted by Crippen LogP contribution is 2.34. The maximum atomic E-state index is 14.4. The van der Waals surface area contributed by atoms with Crippen LogP contribution in [0.3, 0.4) is 0 Å². The lowest BCUT2D eigenvalue weighted by atomic mass is 10.0. The van der Waals surface area contributed by atoms with Crippen molar-refractivity contribution in [2.24, 2.45) is 0 Å². The second-order valence-corrected chi connectivity index (χ2v) is 8.02. The minimum atomic E-state index is -5.28. The van der Waals surface area contributed by atoms with Crippen LogP contribution in [0.4, 0.5) is 39.5 Å². The molecule has 0 spiro atoms. The lowest BCUT2D eigenvalue weighted by Gasteiger charge is -2.09. The van der Waals surface area contributed by atoms with Crippen molar-refractivity contribution < 1.29 is 39.5 Å². The second kappa shape index (κ2) is 11.5. The predicted molar refractivity (Wildman–Crippen MR) is 119 cm³/mol. The molecule has 192 valence electrons. The van der Waals surface area contributed by atoms with E-state index in [0.717, 1.165) is 43.5 Å². The summed E-state index contributed by atoms with van der Waals surface area (Å²) in [6, 6.07) is 4.32. The number of aryl methyl sites for hydroxylation is 1. The number of alkyl halides is 3. The first kappa shape index (κ1) is 27.7. The highest BCUT2D eigenvalue weighted by molar-refractivity contribution is 5.50. The van der Waals surface area contributed by atoms with Gasteiger partial charge in [0, 0.05) is 11.1 Å². The molecule has 37 heavy (non-hydrogen) atoms. The minimum Gasteiger partial charge on any atom is -0.206 e. The van der Waals surface area contributed by atoms with Crippen LogP contribution in [0.15, 0.2) is 36.4 Å². The Morgan fingerprint density at radius 2 is 0.973 bits per heavy atom. The standard InChI is InChI=1S/C28H17F9/c1-2-3-4-5-16-10-21(29)19(22(30)11-16)8-6-17-12-23(31)20(24(32)13-17)9-7-18-14-25(33)27(26(34)15-18)28(35,36)37/h10-15H,2-5H2,1H3. The average molecular weight is 524 g/mol. The maximum absolute atomic E-state index is 14.4. The third kappa shape index (κ3) is 6.89. The molecule has 0 saturated heterocycles. The van der Waals surface area contributed by atoms with E-state index in [-0.39, 0.29) is 17.7 Å². The van der Waals surface area contributed by atoms with Crippen LogP contribution in [-0.2, 0) is 12.6 Å². The molecule has 0 atom stereocenters. The monoisotopic (exact) mass is 524 g/mol. The molecule has 0 heterocycles. The fourth-order valence-corrected chi connectivity index (χ4v) is 3.42. The third-order valence-corrected chi connectivity index (χ3v) is 5.20. The van der Waals surface area contributed by atoms with Gasteiger partial charge in [0.1, 0.15) is 40.5 Å². The van der Waals surface area contributed by atoms with Crippen LogP contribution in [-0.4, -0.2) is 0 Å². The normalized spacial score (nSPS) is 11.0. The lowest BCUT2D eigenvalue weighted by molar-refractivity contribution is -0.142. The quantitative estimate of drug-likeness (QED) is 0.184. The van der Waals surface area contributed by atoms with Crippen molar-refractivity contribution >= 4 is 0 Å². The van der Waals surface area contributed by atoms with E-state index in [1.54, 1.807) is 0 Å². The Kier molecular flexibility index (Phi) is 8.60. The van der Waals surface area contributed by atoms with Gasteiger partial charge < -0.3 is 0 Å². The molecule has 3 aromatic carbocycles. The van der Waals surface area contributed by atoms with Gasteiger partial charge in [-0.1, -0.05) is 43.4 Å². The molecule has 0 aliphatic rings. The van der Waals surface area contributed by atoms with E-state index < -0.39 is 63.3 Å². The molecule has 0 unspecified atom stereocenters. The van der Waals surface area contributed by atoms with Crippen LogP contribution in [0.25, 0.3) is 0 Å². The first-order chi connectivity index (χ1) is 17.4. The molecule has 0 aliphatic carbocycles. The molecule has 0 N–H and O–H groups in total. The smallest absolute Gasteiger partial charge is 0.206 e. The van der Waals surface area contributed by atoms with Crippen LogP contribution < -0.4 is 0 Å². The summed E-state index contributed by atoms with van der Waals surface area (Å²) in [4.78, 5) is 0. The van der Waals surface area contributed by atoms with E-state index in [2.05, 4.69) is 11.8 Å². The molecule has 3 rings (SSSR count). The molecular formula is C28H17F9. The van der Waals surface area contributed by atoms with E-state index in [0.29, 0.717) is 12.0 Å². The van der Waals surface area contributed by atoms with Gasteiger partial charge in [0.2, 0.25) is 0 Å². The predicted octanol–water partition coefficient (Wildman–Crippen LogP) is 8.07. The van der Waals surface area contributed by atoms with Crippen LogP contribution in [0.5, 0.6) is 0 Å². The number of unbranched alkanes of at least 4 members (excludes halogenated alkanes) is 2. The molecule has 0 saturated carbocycles. The lowest BCUT2D eigenvalue weighted by Crippen LogP contribution is -2.11. The highest BCUT2D eigenvalue weighted by Gasteiger charge is 2.37. The van der Waals surface area contributed by atoms with Gasteiger partial charge in [0.05, 0.1) is 11.1 Å². The summed E-state index contributed by atoms with van der Waals surface area (Å²) >= 11 is 0. The molecule has 0 aromatic heterocycles. The summed E-state index contributed by atoms with van der Waals surface area (Å²) < 4.78 is 123. The van der Waals surface area contributed by atoms with E-state index >= 15 is 0 Å². The number of halogens is 9. The van der Waals surface area contributed by atoms with Crippen molar-refractivity contribution in [1.82, 2.24) is 0 Å². The van der Waals surface area contributed by atoms with Crippen LogP contribution in [0.1, 0.15) is 59.6 Å². The van der Waals surface area contributed by atoms with Crippen LogP contribution in [0.2, 0.25) is 0 Å². The van der Waals surface area contributed by atoms with Crippen molar-refractivity contribution in [1.29, 1.82) is 0 Å². The Bertz CT molecular complexity index is 1380. The molecule has 0 aliphatic heterocycles. The van der Waals surface area contributed by atoms with Gasteiger partial charge in [0.25, 0.3) is 0 Å². The second-order valence-electron chi connectivity index (χ2n) is 8.02. The van der Waals surface area contributed by atoms with Crippen molar-refractivity contribution in [3.63, 3.8) is 0 Å². The zero-order chi connectivity index (χ0) is 27.3. The fraction of sp³-hybridized carbons (Fsp3) is 0.214. The van der Waals surface area contributed by atoms with Crippen LogP contribution in [0, 0.1) is 58.6 Å². The fourth-order valence-electron chi connectivity index (χ4n) is 3.42. The number of benzene rings is 3. The highest BCUT2D eigenvalue weighted by atomic mass is 19.4. The molecule has 9 heteroatoms. The summed E-state index contributed by atoms with van der Waals surface area (Å²) in [5.74, 6) is 0.248. The SMILES string of the molecule is CCCCCc1cc(F)c(C#Cc2cc(F)c(C#Cc3cc(F)c(C(F)(F)F)c(F)c3)c(F)c2)c(F)c1. The van der Waals surface area contributed by atoms with Gasteiger partial charge in [-0.15, -0.1) is 0 Å². The molecule has 0 bridgehead atoms.